The lowest BCUT2D eigenvalue weighted by molar-refractivity contribution is 0.0561. The Balaban J connectivity index is 1.38. The van der Waals surface area contributed by atoms with Gasteiger partial charge < -0.3 is 9.15 Å². The zero-order chi connectivity index (χ0) is 21.6. The second-order valence-electron chi connectivity index (χ2n) is 7.70. The molecule has 3 aromatic rings. The van der Waals surface area contributed by atoms with Gasteiger partial charge in [-0.3, -0.25) is 14.8 Å². The molecule has 162 valence electrons. The number of aromatic nitrogens is 1. The van der Waals surface area contributed by atoms with Gasteiger partial charge in [-0.25, -0.2) is 4.79 Å². The van der Waals surface area contributed by atoms with Crippen molar-refractivity contribution in [2.45, 2.75) is 19.5 Å². The Bertz CT molecular complexity index is 1020. The monoisotopic (exact) mass is 483 g/mol. The van der Waals surface area contributed by atoms with Crippen LogP contribution in [0.25, 0.3) is 11.1 Å². The fraction of sp³-hybridized carbons (Fsp3) is 0.333. The van der Waals surface area contributed by atoms with E-state index in [0.717, 1.165) is 49.4 Å². The highest BCUT2D eigenvalue weighted by Crippen LogP contribution is 2.26. The van der Waals surface area contributed by atoms with Gasteiger partial charge in [0.1, 0.15) is 5.76 Å². The second-order valence-corrected chi connectivity index (χ2v) is 8.62. The highest BCUT2D eigenvalue weighted by atomic mass is 79.9. The molecule has 1 aliphatic rings. The van der Waals surface area contributed by atoms with Gasteiger partial charge in [-0.15, -0.1) is 0 Å². The van der Waals surface area contributed by atoms with Crippen molar-refractivity contribution in [2.24, 2.45) is 0 Å². The van der Waals surface area contributed by atoms with Gasteiger partial charge in [-0.05, 0) is 66.5 Å². The summed E-state index contributed by atoms with van der Waals surface area (Å²) in [6.07, 6.45) is 4.92. The maximum absolute atomic E-state index is 11.6. The predicted molar refractivity (Wildman–Crippen MR) is 123 cm³/mol. The van der Waals surface area contributed by atoms with E-state index in [1.54, 1.807) is 6.07 Å². The number of furan rings is 1. The van der Waals surface area contributed by atoms with Crippen LogP contribution in [0.2, 0.25) is 0 Å². The maximum atomic E-state index is 11.6. The fourth-order valence-corrected chi connectivity index (χ4v) is 4.20. The van der Waals surface area contributed by atoms with Crippen LogP contribution >= 0.6 is 15.9 Å². The zero-order valence-electron chi connectivity index (χ0n) is 17.6. The molecule has 0 saturated carbocycles. The molecule has 0 spiro atoms. The van der Waals surface area contributed by atoms with Gasteiger partial charge in [0, 0.05) is 36.5 Å². The number of benzene rings is 1. The molecule has 4 rings (SSSR count). The van der Waals surface area contributed by atoms with Crippen LogP contribution in [0, 0.1) is 0 Å². The van der Waals surface area contributed by atoms with E-state index in [1.807, 2.05) is 18.5 Å². The minimum atomic E-state index is -0.439. The van der Waals surface area contributed by atoms with Crippen LogP contribution in [0.3, 0.4) is 0 Å². The van der Waals surface area contributed by atoms with Crippen molar-refractivity contribution in [3.05, 3.63) is 76.4 Å². The number of hydrogen-bond donors (Lipinski definition) is 0. The number of rotatable bonds is 6. The van der Waals surface area contributed by atoms with E-state index < -0.39 is 5.97 Å². The molecule has 0 aliphatic carbocycles. The SMILES string of the molecule is COC(=O)c1ccc(CN2CCCN(Cc3cnccc3-c3ccc(Br)cc3)CC2)o1. The molecule has 0 amide bonds. The van der Waals surface area contributed by atoms with E-state index in [1.165, 1.54) is 23.8 Å². The highest BCUT2D eigenvalue weighted by molar-refractivity contribution is 9.10. The van der Waals surface area contributed by atoms with Crippen LogP contribution in [0.1, 0.15) is 28.3 Å². The Morgan fingerprint density at radius 1 is 1.03 bits per heavy atom. The van der Waals surface area contributed by atoms with Crippen LogP contribution in [0.4, 0.5) is 0 Å². The number of esters is 1. The third-order valence-electron chi connectivity index (χ3n) is 5.56. The number of methoxy groups -OCH3 is 1. The highest BCUT2D eigenvalue weighted by Gasteiger charge is 2.19. The molecule has 31 heavy (non-hydrogen) atoms. The molecule has 0 bridgehead atoms. The summed E-state index contributed by atoms with van der Waals surface area (Å²) < 4.78 is 11.4. The molecule has 1 aliphatic heterocycles. The Hall–Kier alpha value is -2.48. The topological polar surface area (TPSA) is 58.8 Å². The van der Waals surface area contributed by atoms with Gasteiger partial charge >= 0.3 is 5.97 Å². The van der Waals surface area contributed by atoms with Gasteiger partial charge in [-0.1, -0.05) is 28.1 Å². The molecular formula is C24H26BrN3O3. The number of halogens is 1. The predicted octanol–water partition coefficient (Wildman–Crippen LogP) is 4.60. The van der Waals surface area contributed by atoms with Crippen LogP contribution in [0.15, 0.2) is 63.7 Å². The largest absolute Gasteiger partial charge is 0.463 e. The van der Waals surface area contributed by atoms with Crippen molar-refractivity contribution in [2.75, 3.05) is 33.3 Å². The maximum Gasteiger partial charge on any atom is 0.373 e. The molecule has 7 heteroatoms. The van der Waals surface area contributed by atoms with E-state index in [9.17, 15) is 4.79 Å². The molecular weight excluding hydrogens is 458 g/mol. The Morgan fingerprint density at radius 3 is 2.52 bits per heavy atom. The number of hydrogen-bond acceptors (Lipinski definition) is 6. The van der Waals surface area contributed by atoms with Crippen molar-refractivity contribution < 1.29 is 13.9 Å². The van der Waals surface area contributed by atoms with Crippen LogP contribution < -0.4 is 0 Å². The summed E-state index contributed by atoms with van der Waals surface area (Å²) in [7, 11) is 1.36. The molecule has 1 fully saturated rings. The van der Waals surface area contributed by atoms with Gasteiger partial charge in [-0.2, -0.15) is 0 Å². The quantitative estimate of drug-likeness (QED) is 0.477. The normalized spacial score (nSPS) is 15.5. The zero-order valence-corrected chi connectivity index (χ0v) is 19.2. The molecule has 3 heterocycles. The summed E-state index contributed by atoms with van der Waals surface area (Å²) in [5.74, 6) is 0.607. The number of carbonyl (C=O) groups excluding carboxylic acids is 1. The minimum absolute atomic E-state index is 0.256. The number of carbonyl (C=O) groups is 1. The first-order valence-electron chi connectivity index (χ1n) is 10.4. The summed E-state index contributed by atoms with van der Waals surface area (Å²) in [5.41, 5.74) is 3.68. The van der Waals surface area contributed by atoms with Gasteiger partial charge in [0.25, 0.3) is 0 Å². The summed E-state index contributed by atoms with van der Waals surface area (Å²) >= 11 is 3.51. The average molecular weight is 484 g/mol. The van der Waals surface area contributed by atoms with Crippen molar-refractivity contribution >= 4 is 21.9 Å². The molecule has 6 nitrogen and oxygen atoms in total. The lowest BCUT2D eigenvalue weighted by atomic mass is 10.0. The van der Waals surface area contributed by atoms with Gasteiger partial charge in [0.15, 0.2) is 0 Å². The molecule has 0 atom stereocenters. The minimum Gasteiger partial charge on any atom is -0.463 e. The van der Waals surface area contributed by atoms with Crippen molar-refractivity contribution in [3.8, 4) is 11.1 Å². The van der Waals surface area contributed by atoms with E-state index in [-0.39, 0.29) is 5.76 Å². The van der Waals surface area contributed by atoms with E-state index in [4.69, 9.17) is 9.15 Å². The molecule has 0 unspecified atom stereocenters. The summed E-state index contributed by atoms with van der Waals surface area (Å²) in [5, 5.41) is 0. The summed E-state index contributed by atoms with van der Waals surface area (Å²) in [4.78, 5) is 20.8. The number of pyridine rings is 1. The van der Waals surface area contributed by atoms with Crippen molar-refractivity contribution in [1.29, 1.82) is 0 Å². The first-order valence-corrected chi connectivity index (χ1v) is 11.2. The molecule has 1 saturated heterocycles. The lowest BCUT2D eigenvalue weighted by Gasteiger charge is -2.22. The first kappa shape index (κ1) is 21.7. The lowest BCUT2D eigenvalue weighted by Crippen LogP contribution is -2.30. The first-order chi connectivity index (χ1) is 15.1. The van der Waals surface area contributed by atoms with E-state index in [2.05, 4.69) is 61.0 Å². The standard InChI is InChI=1S/C24H26BrN3O3/c1-30-24(29)23-8-7-21(31-23)17-28-12-2-11-27(13-14-28)16-19-15-26-10-9-22(19)18-3-5-20(25)6-4-18/h3-10,15H,2,11-14,16-17H2,1H3. The number of nitrogens with zero attached hydrogens (tertiary/aromatic N) is 3. The smallest absolute Gasteiger partial charge is 0.373 e. The van der Waals surface area contributed by atoms with Crippen molar-refractivity contribution in [1.82, 2.24) is 14.8 Å². The average Bonchev–Trinajstić information content (AvgIpc) is 3.15. The summed E-state index contributed by atoms with van der Waals surface area (Å²) in [6.45, 7) is 5.53. The van der Waals surface area contributed by atoms with Crippen molar-refractivity contribution in [3.63, 3.8) is 0 Å². The molecule has 2 aromatic heterocycles. The molecule has 0 radical (unpaired) electrons. The Morgan fingerprint density at radius 2 is 1.77 bits per heavy atom. The Labute approximate surface area is 191 Å². The number of ether oxygens (including phenoxy) is 1. The Kier molecular flexibility index (Phi) is 7.17. The van der Waals surface area contributed by atoms with Gasteiger partial charge in [0.2, 0.25) is 5.76 Å². The summed E-state index contributed by atoms with van der Waals surface area (Å²) in [6, 6.07) is 14.1. The van der Waals surface area contributed by atoms with Crippen LogP contribution in [-0.2, 0) is 17.8 Å². The van der Waals surface area contributed by atoms with Crippen LogP contribution in [-0.4, -0.2) is 54.0 Å². The van der Waals surface area contributed by atoms with Crippen LogP contribution in [0.5, 0.6) is 0 Å². The molecule has 1 aromatic carbocycles. The third kappa shape index (κ3) is 5.61. The molecule has 0 N–H and O–H groups in total. The van der Waals surface area contributed by atoms with E-state index in [0.29, 0.717) is 6.54 Å². The van der Waals surface area contributed by atoms with E-state index >= 15 is 0 Å². The fourth-order valence-electron chi connectivity index (χ4n) is 3.94. The van der Waals surface area contributed by atoms with Gasteiger partial charge in [0.05, 0.1) is 13.7 Å². The second kappa shape index (κ2) is 10.2. The third-order valence-corrected chi connectivity index (χ3v) is 6.09.